The Morgan fingerprint density at radius 3 is 2.21 bits per heavy atom. The fourth-order valence-electron chi connectivity index (χ4n) is 3.45. The van der Waals surface area contributed by atoms with Gasteiger partial charge in [0.15, 0.2) is 0 Å². The third-order valence-corrected chi connectivity index (χ3v) is 5.00. The van der Waals surface area contributed by atoms with E-state index in [1.807, 2.05) is 54.6 Å². The molecule has 0 radical (unpaired) electrons. The van der Waals surface area contributed by atoms with E-state index in [-0.39, 0.29) is 17.7 Å². The molecule has 2 N–H and O–H groups in total. The minimum Gasteiger partial charge on any atom is -0.379 e. The first-order valence-corrected chi connectivity index (χ1v) is 10.2. The van der Waals surface area contributed by atoms with E-state index in [4.69, 9.17) is 4.74 Å². The lowest BCUT2D eigenvalue weighted by Crippen LogP contribution is -2.41. The van der Waals surface area contributed by atoms with Crippen LogP contribution in [-0.2, 0) is 14.3 Å². The Bertz CT molecular complexity index is 787. The minimum absolute atomic E-state index is 0.0119. The highest BCUT2D eigenvalue weighted by molar-refractivity contribution is 5.96. The Morgan fingerprint density at radius 2 is 1.59 bits per heavy atom. The predicted octanol–water partition coefficient (Wildman–Crippen LogP) is 3.48. The van der Waals surface area contributed by atoms with Gasteiger partial charge in [0.25, 0.3) is 0 Å². The number of hydrogen-bond donors (Lipinski definition) is 2. The zero-order valence-corrected chi connectivity index (χ0v) is 16.9. The SMILES string of the molecule is CCCC(C(=O)Nc1ccc(NC(=O)CN2CCOCC2)cc1)c1ccccc1. The summed E-state index contributed by atoms with van der Waals surface area (Å²) in [6, 6.07) is 17.1. The van der Waals surface area contributed by atoms with Crippen molar-refractivity contribution in [2.75, 3.05) is 43.5 Å². The van der Waals surface area contributed by atoms with Crippen molar-refractivity contribution in [1.29, 1.82) is 0 Å². The summed E-state index contributed by atoms with van der Waals surface area (Å²) in [5, 5.41) is 5.90. The number of rotatable bonds is 8. The fourth-order valence-corrected chi connectivity index (χ4v) is 3.45. The first-order chi connectivity index (χ1) is 14.2. The lowest BCUT2D eigenvalue weighted by atomic mass is 9.93. The molecule has 2 amide bonds. The van der Waals surface area contributed by atoms with Gasteiger partial charge in [-0.3, -0.25) is 14.5 Å². The van der Waals surface area contributed by atoms with Gasteiger partial charge in [-0.25, -0.2) is 0 Å². The third kappa shape index (κ3) is 6.41. The maximum Gasteiger partial charge on any atom is 0.238 e. The highest BCUT2D eigenvalue weighted by Crippen LogP contribution is 2.24. The van der Waals surface area contributed by atoms with Crippen molar-refractivity contribution < 1.29 is 14.3 Å². The summed E-state index contributed by atoms with van der Waals surface area (Å²) in [5.41, 5.74) is 2.46. The first kappa shape index (κ1) is 21.0. The Hall–Kier alpha value is -2.70. The van der Waals surface area contributed by atoms with Gasteiger partial charge in [-0.1, -0.05) is 43.7 Å². The number of hydrogen-bond acceptors (Lipinski definition) is 4. The largest absolute Gasteiger partial charge is 0.379 e. The molecule has 0 bridgehead atoms. The van der Waals surface area contributed by atoms with Gasteiger partial charge in [0.05, 0.1) is 25.7 Å². The van der Waals surface area contributed by atoms with E-state index in [1.165, 1.54) is 0 Å². The van der Waals surface area contributed by atoms with Gasteiger partial charge < -0.3 is 15.4 Å². The highest BCUT2D eigenvalue weighted by atomic mass is 16.5. The second-order valence-corrected chi connectivity index (χ2v) is 7.26. The van der Waals surface area contributed by atoms with Crippen molar-refractivity contribution in [3.05, 3.63) is 60.2 Å². The number of nitrogens with zero attached hydrogens (tertiary/aromatic N) is 1. The number of carbonyl (C=O) groups excluding carboxylic acids is 2. The van der Waals surface area contributed by atoms with E-state index in [1.54, 1.807) is 0 Å². The number of amides is 2. The molecule has 0 spiro atoms. The topological polar surface area (TPSA) is 70.7 Å². The van der Waals surface area contributed by atoms with E-state index >= 15 is 0 Å². The van der Waals surface area contributed by atoms with E-state index in [0.29, 0.717) is 19.8 Å². The van der Waals surface area contributed by atoms with Crippen LogP contribution < -0.4 is 10.6 Å². The molecule has 0 aromatic heterocycles. The summed E-state index contributed by atoms with van der Waals surface area (Å²) in [4.78, 5) is 27.1. The molecule has 0 aliphatic carbocycles. The van der Waals surface area contributed by atoms with Crippen LogP contribution in [0.25, 0.3) is 0 Å². The molecule has 1 heterocycles. The number of ether oxygens (including phenoxy) is 1. The average molecular weight is 396 g/mol. The van der Waals surface area contributed by atoms with E-state index in [0.717, 1.165) is 42.9 Å². The third-order valence-electron chi connectivity index (χ3n) is 5.00. The van der Waals surface area contributed by atoms with Crippen LogP contribution in [0.2, 0.25) is 0 Å². The maximum absolute atomic E-state index is 12.8. The van der Waals surface area contributed by atoms with Crippen LogP contribution in [0.15, 0.2) is 54.6 Å². The van der Waals surface area contributed by atoms with Crippen LogP contribution in [-0.4, -0.2) is 49.6 Å². The Labute approximate surface area is 172 Å². The highest BCUT2D eigenvalue weighted by Gasteiger charge is 2.19. The molecule has 1 saturated heterocycles. The van der Waals surface area contributed by atoms with Gasteiger partial charge >= 0.3 is 0 Å². The molecule has 3 rings (SSSR count). The Balaban J connectivity index is 1.55. The first-order valence-electron chi connectivity index (χ1n) is 10.2. The van der Waals surface area contributed by atoms with Gasteiger partial charge in [-0.2, -0.15) is 0 Å². The summed E-state index contributed by atoms with van der Waals surface area (Å²) < 4.78 is 5.30. The molecule has 2 aromatic rings. The van der Waals surface area contributed by atoms with Gasteiger partial charge in [0, 0.05) is 24.5 Å². The number of morpholine rings is 1. The molecule has 1 aliphatic heterocycles. The van der Waals surface area contributed by atoms with Gasteiger partial charge in [0.1, 0.15) is 0 Å². The quantitative estimate of drug-likeness (QED) is 0.718. The number of nitrogens with one attached hydrogen (secondary N) is 2. The van der Waals surface area contributed by atoms with Crippen molar-refractivity contribution in [3.63, 3.8) is 0 Å². The fraction of sp³-hybridized carbons (Fsp3) is 0.391. The molecule has 2 aromatic carbocycles. The summed E-state index contributed by atoms with van der Waals surface area (Å²) in [6.45, 7) is 5.33. The molecule has 29 heavy (non-hydrogen) atoms. The number of benzene rings is 2. The van der Waals surface area contributed by atoms with Crippen molar-refractivity contribution in [2.24, 2.45) is 0 Å². The Kier molecular flexibility index (Phi) is 7.78. The zero-order valence-electron chi connectivity index (χ0n) is 16.9. The molecule has 154 valence electrons. The monoisotopic (exact) mass is 395 g/mol. The lowest BCUT2D eigenvalue weighted by molar-refractivity contribution is -0.118. The molecule has 6 heteroatoms. The van der Waals surface area contributed by atoms with Crippen LogP contribution in [0.1, 0.15) is 31.2 Å². The second kappa shape index (κ2) is 10.7. The normalized spacial score (nSPS) is 15.5. The lowest BCUT2D eigenvalue weighted by Gasteiger charge is -2.25. The van der Waals surface area contributed by atoms with Crippen LogP contribution in [0.4, 0.5) is 11.4 Å². The van der Waals surface area contributed by atoms with E-state index in [9.17, 15) is 9.59 Å². The molecule has 6 nitrogen and oxygen atoms in total. The zero-order chi connectivity index (χ0) is 20.5. The molecule has 1 unspecified atom stereocenters. The molecule has 1 fully saturated rings. The summed E-state index contributed by atoms with van der Waals surface area (Å²) >= 11 is 0. The van der Waals surface area contributed by atoms with Gasteiger partial charge in [-0.15, -0.1) is 0 Å². The van der Waals surface area contributed by atoms with E-state index < -0.39 is 0 Å². The predicted molar refractivity (Wildman–Crippen MR) is 115 cm³/mol. The van der Waals surface area contributed by atoms with Crippen molar-refractivity contribution in [2.45, 2.75) is 25.7 Å². The maximum atomic E-state index is 12.8. The van der Waals surface area contributed by atoms with Crippen molar-refractivity contribution in [3.8, 4) is 0 Å². The van der Waals surface area contributed by atoms with Gasteiger partial charge in [-0.05, 0) is 36.2 Å². The molecule has 0 saturated carbocycles. The number of anilines is 2. The minimum atomic E-state index is -0.172. The molecular formula is C23H29N3O3. The standard InChI is InChI=1S/C23H29N3O3/c1-2-6-21(18-7-4-3-5-8-18)23(28)25-20-11-9-19(10-12-20)24-22(27)17-26-13-15-29-16-14-26/h3-5,7-12,21H,2,6,13-17H2,1H3,(H,24,27)(H,25,28). The van der Waals surface area contributed by atoms with Crippen LogP contribution >= 0.6 is 0 Å². The van der Waals surface area contributed by atoms with E-state index in [2.05, 4.69) is 22.5 Å². The summed E-state index contributed by atoms with van der Waals surface area (Å²) in [6.07, 6.45) is 1.73. The summed E-state index contributed by atoms with van der Waals surface area (Å²) in [5.74, 6) is -0.230. The van der Waals surface area contributed by atoms with Crippen molar-refractivity contribution in [1.82, 2.24) is 4.90 Å². The molecule has 1 aliphatic rings. The second-order valence-electron chi connectivity index (χ2n) is 7.26. The smallest absolute Gasteiger partial charge is 0.238 e. The molecular weight excluding hydrogens is 366 g/mol. The summed E-state index contributed by atoms with van der Waals surface area (Å²) in [7, 11) is 0. The van der Waals surface area contributed by atoms with Crippen LogP contribution in [0.3, 0.4) is 0 Å². The molecule has 1 atom stereocenters. The van der Waals surface area contributed by atoms with Crippen LogP contribution in [0, 0.1) is 0 Å². The van der Waals surface area contributed by atoms with Crippen molar-refractivity contribution >= 4 is 23.2 Å². The Morgan fingerprint density at radius 1 is 0.966 bits per heavy atom. The number of carbonyl (C=O) groups is 2. The van der Waals surface area contributed by atoms with Gasteiger partial charge in [0.2, 0.25) is 11.8 Å². The van der Waals surface area contributed by atoms with Crippen LogP contribution in [0.5, 0.6) is 0 Å². The average Bonchev–Trinajstić information content (AvgIpc) is 2.74.